The van der Waals surface area contributed by atoms with Crippen LogP contribution in [0, 0.1) is 0 Å². The number of anilines is 2. The van der Waals surface area contributed by atoms with E-state index in [1.54, 1.807) is 0 Å². The molecule has 4 N–H and O–H groups in total. The van der Waals surface area contributed by atoms with Crippen molar-refractivity contribution < 1.29 is 8.22 Å². The third-order valence-corrected chi connectivity index (χ3v) is 3.07. The SMILES string of the molecule is [2H]c1c(N)c([2H])c2c(sc3c([2H])c([2H])c(N)c([2H])c32)c1[2H]. The van der Waals surface area contributed by atoms with Crippen LogP contribution >= 0.6 is 11.3 Å². The van der Waals surface area contributed by atoms with E-state index in [-0.39, 0.29) is 58.4 Å². The van der Waals surface area contributed by atoms with Gasteiger partial charge in [0.15, 0.2) is 0 Å². The Morgan fingerprint density at radius 3 is 1.80 bits per heavy atom. The normalized spacial score (nSPS) is 16.8. The van der Waals surface area contributed by atoms with E-state index in [1.807, 2.05) is 0 Å². The van der Waals surface area contributed by atoms with E-state index in [9.17, 15) is 0 Å². The zero-order valence-corrected chi connectivity index (χ0v) is 8.38. The summed E-state index contributed by atoms with van der Waals surface area (Å²) in [6.07, 6.45) is 0. The predicted octanol–water partition coefficient (Wildman–Crippen LogP) is 3.22. The van der Waals surface area contributed by atoms with Crippen molar-refractivity contribution in [3.8, 4) is 0 Å². The Morgan fingerprint density at radius 2 is 1.33 bits per heavy atom. The summed E-state index contributed by atoms with van der Waals surface area (Å²) < 4.78 is 48.2. The van der Waals surface area contributed by atoms with Crippen molar-refractivity contribution in [2.45, 2.75) is 0 Å². The fourth-order valence-electron chi connectivity index (χ4n) is 1.43. The van der Waals surface area contributed by atoms with E-state index < -0.39 is 0 Å². The highest BCUT2D eigenvalue weighted by Crippen LogP contribution is 2.35. The van der Waals surface area contributed by atoms with E-state index in [2.05, 4.69) is 0 Å². The summed E-state index contributed by atoms with van der Waals surface area (Å²) in [5.74, 6) is 0. The third kappa shape index (κ3) is 1.24. The molecule has 0 amide bonds. The first-order valence-corrected chi connectivity index (χ1v) is 5.05. The Bertz CT molecular complexity index is 859. The maximum Gasteiger partial charge on any atom is 0.0652 e. The fourth-order valence-corrected chi connectivity index (χ4v) is 2.34. The smallest absolute Gasteiger partial charge is 0.0652 e. The Hall–Kier alpha value is -1.74. The molecule has 3 heteroatoms. The summed E-state index contributed by atoms with van der Waals surface area (Å²) in [6, 6.07) is -1.02. The lowest BCUT2D eigenvalue weighted by molar-refractivity contribution is 1.77. The number of rotatable bonds is 0. The Morgan fingerprint density at radius 1 is 0.867 bits per heavy atom. The lowest BCUT2D eigenvalue weighted by Gasteiger charge is -1.95. The highest BCUT2D eigenvalue weighted by molar-refractivity contribution is 7.25. The van der Waals surface area contributed by atoms with Gasteiger partial charge in [0.05, 0.1) is 8.22 Å². The molecule has 0 aliphatic heterocycles. The van der Waals surface area contributed by atoms with Gasteiger partial charge in [-0.3, -0.25) is 0 Å². The molecule has 0 aliphatic carbocycles. The molecular weight excluding hydrogens is 204 g/mol. The third-order valence-electron chi connectivity index (χ3n) is 2.05. The van der Waals surface area contributed by atoms with E-state index in [0.29, 0.717) is 9.40 Å². The van der Waals surface area contributed by atoms with Crippen molar-refractivity contribution in [1.82, 2.24) is 0 Å². The molecule has 0 spiro atoms. The molecular formula is C12H10N2S. The molecule has 0 radical (unpaired) electrons. The van der Waals surface area contributed by atoms with Gasteiger partial charge in [0, 0.05) is 31.5 Å². The molecule has 3 rings (SSSR count). The zero-order chi connectivity index (χ0) is 15.6. The highest BCUT2D eigenvalue weighted by atomic mass is 32.1. The van der Waals surface area contributed by atoms with Crippen LogP contribution in [0.4, 0.5) is 11.4 Å². The molecule has 0 saturated heterocycles. The van der Waals surface area contributed by atoms with Gasteiger partial charge in [-0.25, -0.2) is 0 Å². The van der Waals surface area contributed by atoms with Crippen molar-refractivity contribution in [3.05, 3.63) is 36.3 Å². The van der Waals surface area contributed by atoms with Crippen LogP contribution in [-0.2, 0) is 0 Å². The summed E-state index contributed by atoms with van der Waals surface area (Å²) in [5, 5.41) is 0.525. The monoisotopic (exact) mass is 220 g/mol. The number of nitrogens with two attached hydrogens (primary N) is 2. The molecule has 0 aliphatic rings. The quantitative estimate of drug-likeness (QED) is 0.571. The van der Waals surface area contributed by atoms with Gasteiger partial charge in [-0.05, 0) is 36.3 Å². The molecule has 0 bridgehead atoms. The van der Waals surface area contributed by atoms with Crippen molar-refractivity contribution in [3.63, 3.8) is 0 Å². The van der Waals surface area contributed by atoms with Gasteiger partial charge in [-0.2, -0.15) is 0 Å². The van der Waals surface area contributed by atoms with Gasteiger partial charge in [-0.1, -0.05) is 0 Å². The lowest BCUT2D eigenvalue weighted by Crippen LogP contribution is -1.83. The summed E-state index contributed by atoms with van der Waals surface area (Å²) in [6.45, 7) is 0. The minimum absolute atomic E-state index is 0.133. The summed E-state index contributed by atoms with van der Waals surface area (Å²) in [4.78, 5) is 0. The average molecular weight is 220 g/mol. The van der Waals surface area contributed by atoms with Gasteiger partial charge in [0.2, 0.25) is 0 Å². The maximum atomic E-state index is 8.06. The molecule has 2 nitrogen and oxygen atoms in total. The minimum Gasteiger partial charge on any atom is -0.399 e. The number of fused-ring (bicyclic) bond motifs is 3. The van der Waals surface area contributed by atoms with Gasteiger partial charge in [0.25, 0.3) is 0 Å². The molecule has 3 aromatic rings. The standard InChI is InChI=1S/C12H10N2S/c13-7-1-3-11-9(5-7)10-6-8(14)2-4-12(10)15-11/h1-6H,13-14H2/i1D,2D,3D,4D,5D,6D. The van der Waals surface area contributed by atoms with Crippen LogP contribution in [0.2, 0.25) is 0 Å². The van der Waals surface area contributed by atoms with Crippen LogP contribution in [0.25, 0.3) is 20.2 Å². The molecule has 1 heterocycles. The van der Waals surface area contributed by atoms with Gasteiger partial charge in [0.1, 0.15) is 0 Å². The van der Waals surface area contributed by atoms with Gasteiger partial charge < -0.3 is 11.5 Å². The van der Waals surface area contributed by atoms with Crippen LogP contribution in [0.3, 0.4) is 0 Å². The largest absolute Gasteiger partial charge is 0.399 e. The summed E-state index contributed by atoms with van der Waals surface area (Å²) >= 11 is 1.02. The van der Waals surface area contributed by atoms with Crippen molar-refractivity contribution in [1.29, 1.82) is 0 Å². The van der Waals surface area contributed by atoms with E-state index >= 15 is 0 Å². The summed E-state index contributed by atoms with van der Waals surface area (Å²) in [5.41, 5.74) is 11.1. The van der Waals surface area contributed by atoms with Crippen molar-refractivity contribution >= 4 is 42.9 Å². The molecule has 1 aromatic heterocycles. The van der Waals surface area contributed by atoms with Crippen LogP contribution in [0.1, 0.15) is 8.22 Å². The van der Waals surface area contributed by atoms with Gasteiger partial charge in [-0.15, -0.1) is 11.3 Å². The second kappa shape index (κ2) is 2.87. The predicted molar refractivity (Wildman–Crippen MR) is 68.2 cm³/mol. The maximum absolute atomic E-state index is 8.06. The van der Waals surface area contributed by atoms with Crippen LogP contribution in [0.5, 0.6) is 0 Å². The van der Waals surface area contributed by atoms with E-state index in [4.69, 9.17) is 19.7 Å². The van der Waals surface area contributed by atoms with Crippen LogP contribution in [0.15, 0.2) is 36.3 Å². The molecule has 0 saturated carbocycles. The minimum atomic E-state index is -0.240. The topological polar surface area (TPSA) is 52.0 Å². The Balaban J connectivity index is 2.73. The highest BCUT2D eigenvalue weighted by Gasteiger charge is 2.04. The first-order chi connectivity index (χ1) is 9.77. The number of hydrogen-bond acceptors (Lipinski definition) is 3. The second-order valence-corrected chi connectivity index (χ2v) is 4.11. The molecule has 0 unspecified atom stereocenters. The van der Waals surface area contributed by atoms with Gasteiger partial charge >= 0.3 is 0 Å². The fraction of sp³-hybridized carbons (Fsp3) is 0. The molecule has 0 atom stereocenters. The van der Waals surface area contributed by atoms with E-state index in [0.717, 1.165) is 11.3 Å². The van der Waals surface area contributed by atoms with Crippen LogP contribution in [-0.4, -0.2) is 0 Å². The molecule has 2 aromatic carbocycles. The summed E-state index contributed by atoms with van der Waals surface area (Å²) in [7, 11) is 0. The second-order valence-electron chi connectivity index (χ2n) is 3.09. The number of benzene rings is 2. The average Bonchev–Trinajstić information content (AvgIpc) is 2.87. The van der Waals surface area contributed by atoms with Crippen LogP contribution < -0.4 is 11.5 Å². The Kier molecular flexibility index (Phi) is 0.845. The molecule has 15 heavy (non-hydrogen) atoms. The zero-order valence-electron chi connectivity index (χ0n) is 13.6. The van der Waals surface area contributed by atoms with E-state index in [1.165, 1.54) is 0 Å². The molecule has 74 valence electrons. The molecule has 0 fully saturated rings. The Labute approximate surface area is 99.5 Å². The number of thiophene rings is 1. The number of hydrogen-bond donors (Lipinski definition) is 2. The van der Waals surface area contributed by atoms with Crippen molar-refractivity contribution in [2.24, 2.45) is 0 Å². The number of nitrogen functional groups attached to an aromatic ring is 2. The first kappa shape index (κ1) is 4.41. The van der Waals surface area contributed by atoms with Crippen molar-refractivity contribution in [2.75, 3.05) is 11.5 Å². The lowest BCUT2D eigenvalue weighted by atomic mass is 10.1. The first-order valence-electron chi connectivity index (χ1n) is 7.24.